The molecule has 9 nitrogen and oxygen atoms in total. The summed E-state index contributed by atoms with van der Waals surface area (Å²) in [6.07, 6.45) is 0. The van der Waals surface area contributed by atoms with Crippen molar-refractivity contribution in [1.29, 1.82) is 0 Å². The second-order valence-corrected chi connectivity index (χ2v) is 7.92. The van der Waals surface area contributed by atoms with Crippen molar-refractivity contribution in [3.63, 3.8) is 0 Å². The lowest BCUT2D eigenvalue weighted by Crippen LogP contribution is -2.28. The first kappa shape index (κ1) is 20.8. The molecule has 1 aromatic heterocycles. The van der Waals surface area contributed by atoms with Crippen LogP contribution in [-0.2, 0) is 10.0 Å². The molecule has 0 aliphatic heterocycles. The Hall–Kier alpha value is -2.46. The number of benzene rings is 1. The molecule has 10 heteroatoms. The van der Waals surface area contributed by atoms with E-state index in [-0.39, 0.29) is 30.1 Å². The van der Waals surface area contributed by atoms with Crippen molar-refractivity contribution >= 4 is 21.9 Å². The number of hydrogen-bond donors (Lipinski definition) is 3. The number of aromatic nitrogens is 3. The predicted octanol–water partition coefficient (Wildman–Crippen LogP) is 1.79. The van der Waals surface area contributed by atoms with Crippen LogP contribution >= 0.6 is 0 Å². The number of nitrogens with one attached hydrogen (secondary N) is 3. The normalized spacial score (nSPS) is 11.4. The number of rotatable bonds is 10. The van der Waals surface area contributed by atoms with E-state index < -0.39 is 10.0 Å². The van der Waals surface area contributed by atoms with E-state index in [0.717, 1.165) is 5.56 Å². The van der Waals surface area contributed by atoms with E-state index in [1.807, 2.05) is 27.7 Å². The van der Waals surface area contributed by atoms with E-state index in [4.69, 9.17) is 4.74 Å². The zero-order chi connectivity index (χ0) is 19.9. The van der Waals surface area contributed by atoms with Gasteiger partial charge in [-0.15, -0.1) is 0 Å². The molecule has 1 heterocycles. The molecule has 0 atom stereocenters. The van der Waals surface area contributed by atoms with Gasteiger partial charge in [-0.2, -0.15) is 15.0 Å². The van der Waals surface area contributed by atoms with Crippen molar-refractivity contribution in [2.75, 3.05) is 30.3 Å². The van der Waals surface area contributed by atoms with Crippen LogP contribution in [-0.4, -0.2) is 49.1 Å². The second kappa shape index (κ2) is 9.47. The maximum Gasteiger partial charge on any atom is 0.323 e. The molecule has 0 bridgehead atoms. The highest BCUT2D eigenvalue weighted by Gasteiger charge is 2.13. The molecular formula is C17H26N6O3S. The molecule has 0 amide bonds. The quantitative estimate of drug-likeness (QED) is 0.522. The van der Waals surface area contributed by atoms with E-state index in [1.165, 1.54) is 0 Å². The van der Waals surface area contributed by atoms with Crippen LogP contribution < -0.4 is 20.1 Å². The number of anilines is 2. The average molecular weight is 395 g/mol. The Bertz CT molecular complexity index is 840. The van der Waals surface area contributed by atoms with Crippen molar-refractivity contribution in [3.05, 3.63) is 29.8 Å². The SMILES string of the molecule is CCNc1nc(NC(C)C)nc(OCCNS(=O)(=O)c2ccc(C)cc2)n1. The molecule has 0 radical (unpaired) electrons. The third kappa shape index (κ3) is 6.65. The lowest BCUT2D eigenvalue weighted by atomic mass is 10.2. The molecule has 0 aliphatic rings. The van der Waals surface area contributed by atoms with Crippen LogP contribution in [0.4, 0.5) is 11.9 Å². The number of ether oxygens (including phenoxy) is 1. The van der Waals surface area contributed by atoms with Gasteiger partial charge in [0.25, 0.3) is 0 Å². The smallest absolute Gasteiger partial charge is 0.323 e. The molecule has 0 fully saturated rings. The van der Waals surface area contributed by atoms with Crippen molar-refractivity contribution in [1.82, 2.24) is 19.7 Å². The standard InChI is InChI=1S/C17H26N6O3S/c1-5-18-15-21-16(20-12(2)3)23-17(22-15)26-11-10-19-27(24,25)14-8-6-13(4)7-9-14/h6-9,12,19H,5,10-11H2,1-4H3,(H2,18,20,21,22,23). The van der Waals surface area contributed by atoms with Gasteiger partial charge in [0, 0.05) is 19.1 Å². The molecule has 1 aromatic carbocycles. The van der Waals surface area contributed by atoms with Gasteiger partial charge in [-0.3, -0.25) is 0 Å². The van der Waals surface area contributed by atoms with E-state index in [1.54, 1.807) is 24.3 Å². The topological polar surface area (TPSA) is 118 Å². The number of aryl methyl sites for hydroxylation is 1. The fourth-order valence-corrected chi connectivity index (χ4v) is 3.11. The maximum atomic E-state index is 12.2. The Morgan fingerprint density at radius 2 is 1.74 bits per heavy atom. The highest BCUT2D eigenvalue weighted by molar-refractivity contribution is 7.89. The molecule has 0 unspecified atom stereocenters. The van der Waals surface area contributed by atoms with E-state index in [9.17, 15) is 8.42 Å². The maximum absolute atomic E-state index is 12.2. The highest BCUT2D eigenvalue weighted by atomic mass is 32.2. The fourth-order valence-electron chi connectivity index (χ4n) is 2.10. The van der Waals surface area contributed by atoms with Crippen LogP contribution in [0.5, 0.6) is 6.01 Å². The molecular weight excluding hydrogens is 368 g/mol. The minimum Gasteiger partial charge on any atom is -0.462 e. The van der Waals surface area contributed by atoms with Gasteiger partial charge < -0.3 is 15.4 Å². The molecule has 2 aromatic rings. The molecule has 2 rings (SSSR count). The predicted molar refractivity (Wildman–Crippen MR) is 105 cm³/mol. The Morgan fingerprint density at radius 1 is 1.07 bits per heavy atom. The molecule has 0 spiro atoms. The molecule has 27 heavy (non-hydrogen) atoms. The summed E-state index contributed by atoms with van der Waals surface area (Å²) in [6, 6.07) is 6.91. The third-order valence-electron chi connectivity index (χ3n) is 3.32. The second-order valence-electron chi connectivity index (χ2n) is 6.15. The van der Waals surface area contributed by atoms with Gasteiger partial charge >= 0.3 is 6.01 Å². The summed E-state index contributed by atoms with van der Waals surface area (Å²) in [7, 11) is -3.58. The first-order valence-electron chi connectivity index (χ1n) is 8.75. The lowest BCUT2D eigenvalue weighted by molar-refractivity contribution is 0.297. The zero-order valence-electron chi connectivity index (χ0n) is 16.0. The van der Waals surface area contributed by atoms with E-state index in [2.05, 4.69) is 30.3 Å². The van der Waals surface area contributed by atoms with Gasteiger partial charge in [0.15, 0.2) is 0 Å². The van der Waals surface area contributed by atoms with Gasteiger partial charge in [-0.1, -0.05) is 17.7 Å². The van der Waals surface area contributed by atoms with Gasteiger partial charge in [-0.25, -0.2) is 13.1 Å². The minimum absolute atomic E-state index is 0.0851. The average Bonchev–Trinajstić information content (AvgIpc) is 2.59. The minimum atomic E-state index is -3.58. The molecule has 148 valence electrons. The highest BCUT2D eigenvalue weighted by Crippen LogP contribution is 2.12. The van der Waals surface area contributed by atoms with Gasteiger partial charge in [-0.05, 0) is 39.8 Å². The monoisotopic (exact) mass is 394 g/mol. The fraction of sp³-hybridized carbons (Fsp3) is 0.471. The van der Waals surface area contributed by atoms with Crippen LogP contribution in [0.25, 0.3) is 0 Å². The molecule has 3 N–H and O–H groups in total. The zero-order valence-corrected chi connectivity index (χ0v) is 16.8. The van der Waals surface area contributed by atoms with Crippen LogP contribution in [0, 0.1) is 6.92 Å². The Kier molecular flexibility index (Phi) is 7.31. The van der Waals surface area contributed by atoms with Crippen LogP contribution in [0.2, 0.25) is 0 Å². The summed E-state index contributed by atoms with van der Waals surface area (Å²) in [5.74, 6) is 0.789. The summed E-state index contributed by atoms with van der Waals surface area (Å²) in [5, 5.41) is 6.10. The largest absolute Gasteiger partial charge is 0.462 e. The van der Waals surface area contributed by atoms with E-state index in [0.29, 0.717) is 18.4 Å². The molecule has 0 saturated carbocycles. The third-order valence-corrected chi connectivity index (χ3v) is 4.80. The van der Waals surface area contributed by atoms with Crippen molar-refractivity contribution in [3.8, 4) is 6.01 Å². The van der Waals surface area contributed by atoms with E-state index >= 15 is 0 Å². The Labute approximate surface area is 160 Å². The Balaban J connectivity index is 1.95. The molecule has 0 saturated heterocycles. The molecule has 0 aliphatic carbocycles. The summed E-state index contributed by atoms with van der Waals surface area (Å²) < 4.78 is 32.5. The summed E-state index contributed by atoms with van der Waals surface area (Å²) >= 11 is 0. The van der Waals surface area contributed by atoms with Crippen LogP contribution in [0.3, 0.4) is 0 Å². The first-order valence-corrected chi connectivity index (χ1v) is 10.2. The van der Waals surface area contributed by atoms with Gasteiger partial charge in [0.2, 0.25) is 21.9 Å². The van der Waals surface area contributed by atoms with Gasteiger partial charge in [0.05, 0.1) is 4.90 Å². The van der Waals surface area contributed by atoms with Gasteiger partial charge in [0.1, 0.15) is 6.61 Å². The lowest BCUT2D eigenvalue weighted by Gasteiger charge is -2.12. The summed E-state index contributed by atoms with van der Waals surface area (Å²) in [4.78, 5) is 12.8. The Morgan fingerprint density at radius 3 is 2.37 bits per heavy atom. The van der Waals surface area contributed by atoms with Crippen molar-refractivity contribution < 1.29 is 13.2 Å². The van der Waals surface area contributed by atoms with Crippen LogP contribution in [0.15, 0.2) is 29.2 Å². The van der Waals surface area contributed by atoms with Crippen molar-refractivity contribution in [2.24, 2.45) is 0 Å². The number of sulfonamides is 1. The first-order chi connectivity index (χ1) is 12.8. The number of hydrogen-bond acceptors (Lipinski definition) is 8. The van der Waals surface area contributed by atoms with Crippen molar-refractivity contribution in [2.45, 2.75) is 38.6 Å². The van der Waals surface area contributed by atoms with Crippen LogP contribution in [0.1, 0.15) is 26.3 Å². The summed E-state index contributed by atoms with van der Waals surface area (Å²) in [6.45, 7) is 8.60. The number of nitrogens with zero attached hydrogens (tertiary/aromatic N) is 3. The summed E-state index contributed by atoms with van der Waals surface area (Å²) in [5.41, 5.74) is 0.995.